The quantitative estimate of drug-likeness (QED) is 0.791. The minimum Gasteiger partial charge on any atom is -0.318 e. The zero-order valence-corrected chi connectivity index (χ0v) is 12.3. The number of hydrogen-bond donors (Lipinski definition) is 0. The molecule has 2 nitrogen and oxygen atoms in total. The molecule has 2 heteroatoms. The second kappa shape index (κ2) is 4.93. The lowest BCUT2D eigenvalue weighted by molar-refractivity contribution is 0.934. The number of aromatic nitrogens is 1. The average molecular weight is 252 g/mol. The Hall–Kier alpha value is -2.01. The highest BCUT2D eigenvalue weighted by Crippen LogP contribution is 2.27. The van der Waals surface area contributed by atoms with Crippen molar-refractivity contribution >= 4 is 0 Å². The van der Waals surface area contributed by atoms with Crippen molar-refractivity contribution in [1.29, 1.82) is 5.26 Å². The van der Waals surface area contributed by atoms with Gasteiger partial charge in [0.05, 0.1) is 18.2 Å². The lowest BCUT2D eigenvalue weighted by Crippen LogP contribution is -2.05. The number of nitrogens with zero attached hydrogens (tertiary/aromatic N) is 2. The molecule has 0 aliphatic heterocycles. The van der Waals surface area contributed by atoms with Crippen molar-refractivity contribution < 1.29 is 0 Å². The molecule has 1 aromatic carbocycles. The summed E-state index contributed by atoms with van der Waals surface area (Å²) in [5.74, 6) is 0. The Morgan fingerprint density at radius 3 is 2.11 bits per heavy atom. The van der Waals surface area contributed by atoms with Gasteiger partial charge < -0.3 is 4.57 Å². The van der Waals surface area contributed by atoms with Crippen LogP contribution in [0.4, 0.5) is 0 Å². The van der Waals surface area contributed by atoms with E-state index in [1.54, 1.807) is 0 Å². The Kier molecular flexibility index (Phi) is 3.48. The summed E-state index contributed by atoms with van der Waals surface area (Å²) >= 11 is 0. The van der Waals surface area contributed by atoms with Crippen LogP contribution in [0.25, 0.3) is 5.69 Å². The van der Waals surface area contributed by atoms with Gasteiger partial charge in [0, 0.05) is 11.4 Å². The number of nitriles is 1. The summed E-state index contributed by atoms with van der Waals surface area (Å²) < 4.78 is 2.27. The molecule has 0 bridgehead atoms. The Bertz CT molecular complexity index is 646. The molecule has 2 rings (SSSR count). The fraction of sp³-hybridized carbons (Fsp3) is 0.353. The summed E-state index contributed by atoms with van der Waals surface area (Å²) in [7, 11) is 0. The third-order valence-electron chi connectivity index (χ3n) is 3.66. The molecule has 0 aliphatic carbocycles. The lowest BCUT2D eigenvalue weighted by Gasteiger charge is -2.17. The maximum atomic E-state index is 8.90. The van der Waals surface area contributed by atoms with Gasteiger partial charge in [0.2, 0.25) is 0 Å². The van der Waals surface area contributed by atoms with Crippen LogP contribution < -0.4 is 0 Å². The number of benzene rings is 1. The molecule has 0 atom stereocenters. The first-order valence-electron chi connectivity index (χ1n) is 6.58. The smallest absolute Gasteiger partial charge is 0.0670 e. The standard InChI is InChI=1S/C17H20N2/c1-11-8-12(2)17(13(3)9-11)19-14(4)10-16(6-7-18)15(19)5/h8-10H,6H2,1-5H3. The van der Waals surface area contributed by atoms with Crippen molar-refractivity contribution in [3.63, 3.8) is 0 Å². The predicted molar refractivity (Wildman–Crippen MR) is 78.8 cm³/mol. The van der Waals surface area contributed by atoms with Gasteiger partial charge in [0.15, 0.2) is 0 Å². The van der Waals surface area contributed by atoms with E-state index in [1.165, 1.54) is 33.8 Å². The Morgan fingerprint density at radius 1 is 1.00 bits per heavy atom. The molecule has 0 saturated heterocycles. The zero-order valence-electron chi connectivity index (χ0n) is 12.3. The fourth-order valence-electron chi connectivity index (χ4n) is 2.96. The van der Waals surface area contributed by atoms with Crippen LogP contribution in [-0.4, -0.2) is 4.57 Å². The lowest BCUT2D eigenvalue weighted by atomic mass is 10.0. The monoisotopic (exact) mass is 252 g/mol. The molecule has 1 heterocycles. The SMILES string of the molecule is Cc1cc(C)c(-n2c(C)cc(CC#N)c2C)c(C)c1. The summed E-state index contributed by atoms with van der Waals surface area (Å²) in [6.07, 6.45) is 0.476. The van der Waals surface area contributed by atoms with E-state index in [4.69, 9.17) is 5.26 Å². The molecular formula is C17H20N2. The maximum absolute atomic E-state index is 8.90. The molecule has 0 amide bonds. The zero-order chi connectivity index (χ0) is 14.2. The first-order valence-corrected chi connectivity index (χ1v) is 6.58. The van der Waals surface area contributed by atoms with Crippen molar-refractivity contribution in [3.05, 3.63) is 51.8 Å². The number of rotatable bonds is 2. The molecule has 98 valence electrons. The summed E-state index contributed by atoms with van der Waals surface area (Å²) in [4.78, 5) is 0. The largest absolute Gasteiger partial charge is 0.318 e. The van der Waals surface area contributed by atoms with E-state index in [0.29, 0.717) is 6.42 Å². The van der Waals surface area contributed by atoms with Crippen molar-refractivity contribution in [2.75, 3.05) is 0 Å². The van der Waals surface area contributed by atoms with Crippen molar-refractivity contribution in [2.24, 2.45) is 0 Å². The van der Waals surface area contributed by atoms with Crippen LogP contribution in [0.15, 0.2) is 18.2 Å². The molecule has 0 spiro atoms. The molecule has 0 radical (unpaired) electrons. The molecule has 0 N–H and O–H groups in total. The van der Waals surface area contributed by atoms with E-state index in [0.717, 1.165) is 5.56 Å². The van der Waals surface area contributed by atoms with Gasteiger partial charge in [-0.05, 0) is 57.4 Å². The third-order valence-corrected chi connectivity index (χ3v) is 3.66. The highest BCUT2D eigenvalue weighted by molar-refractivity contribution is 5.53. The topological polar surface area (TPSA) is 28.7 Å². The van der Waals surface area contributed by atoms with E-state index >= 15 is 0 Å². The summed E-state index contributed by atoms with van der Waals surface area (Å²) in [5.41, 5.74) is 8.60. The maximum Gasteiger partial charge on any atom is 0.0670 e. The van der Waals surface area contributed by atoms with Crippen LogP contribution >= 0.6 is 0 Å². The minimum absolute atomic E-state index is 0.476. The van der Waals surface area contributed by atoms with Crippen LogP contribution in [0.1, 0.15) is 33.6 Å². The molecule has 0 aliphatic rings. The van der Waals surface area contributed by atoms with Crippen LogP contribution in [0.3, 0.4) is 0 Å². The van der Waals surface area contributed by atoms with Gasteiger partial charge >= 0.3 is 0 Å². The van der Waals surface area contributed by atoms with Crippen LogP contribution in [-0.2, 0) is 6.42 Å². The van der Waals surface area contributed by atoms with Crippen molar-refractivity contribution in [3.8, 4) is 11.8 Å². The van der Waals surface area contributed by atoms with Gasteiger partial charge in [-0.3, -0.25) is 0 Å². The fourth-order valence-corrected chi connectivity index (χ4v) is 2.96. The highest BCUT2D eigenvalue weighted by atomic mass is 15.0. The Labute approximate surface area is 115 Å². The normalized spacial score (nSPS) is 10.5. The summed E-state index contributed by atoms with van der Waals surface area (Å²) in [6, 6.07) is 8.79. The van der Waals surface area contributed by atoms with Crippen LogP contribution in [0, 0.1) is 45.9 Å². The van der Waals surface area contributed by atoms with Gasteiger partial charge in [-0.2, -0.15) is 5.26 Å². The van der Waals surface area contributed by atoms with Gasteiger partial charge in [-0.25, -0.2) is 0 Å². The van der Waals surface area contributed by atoms with E-state index in [1.807, 2.05) is 0 Å². The average Bonchev–Trinajstić information content (AvgIpc) is 2.56. The minimum atomic E-state index is 0.476. The molecule has 0 unspecified atom stereocenters. The second-order valence-electron chi connectivity index (χ2n) is 5.31. The summed E-state index contributed by atoms with van der Waals surface area (Å²) in [6.45, 7) is 10.6. The molecule has 0 fully saturated rings. The van der Waals surface area contributed by atoms with E-state index in [9.17, 15) is 0 Å². The second-order valence-corrected chi connectivity index (χ2v) is 5.31. The number of aryl methyl sites for hydroxylation is 4. The van der Waals surface area contributed by atoms with Crippen molar-refractivity contribution in [2.45, 2.75) is 41.0 Å². The predicted octanol–water partition coefficient (Wildman–Crippen LogP) is 4.09. The first-order chi connectivity index (χ1) is 8.95. The molecular weight excluding hydrogens is 232 g/mol. The van der Waals surface area contributed by atoms with Gasteiger partial charge in [0.25, 0.3) is 0 Å². The highest BCUT2D eigenvalue weighted by Gasteiger charge is 2.14. The first kappa shape index (κ1) is 13.4. The Morgan fingerprint density at radius 2 is 1.58 bits per heavy atom. The number of hydrogen-bond acceptors (Lipinski definition) is 1. The van der Waals surface area contributed by atoms with E-state index < -0.39 is 0 Å². The van der Waals surface area contributed by atoms with Gasteiger partial charge in [-0.15, -0.1) is 0 Å². The van der Waals surface area contributed by atoms with Gasteiger partial charge in [-0.1, -0.05) is 17.7 Å². The Balaban J connectivity index is 2.70. The summed E-state index contributed by atoms with van der Waals surface area (Å²) in [5, 5.41) is 8.90. The molecule has 2 aromatic rings. The third kappa shape index (κ3) is 2.29. The van der Waals surface area contributed by atoms with E-state index in [2.05, 4.69) is 63.5 Å². The molecule has 0 saturated carbocycles. The molecule has 19 heavy (non-hydrogen) atoms. The van der Waals surface area contributed by atoms with Crippen molar-refractivity contribution in [1.82, 2.24) is 4.57 Å². The van der Waals surface area contributed by atoms with Gasteiger partial charge in [0.1, 0.15) is 0 Å². The van der Waals surface area contributed by atoms with E-state index in [-0.39, 0.29) is 0 Å². The molecule has 1 aromatic heterocycles. The van der Waals surface area contributed by atoms with Crippen LogP contribution in [0.2, 0.25) is 0 Å². The van der Waals surface area contributed by atoms with Crippen LogP contribution in [0.5, 0.6) is 0 Å².